The van der Waals surface area contributed by atoms with Gasteiger partial charge in [0.25, 0.3) is 0 Å². The molecule has 0 amide bonds. The number of benzene rings is 3. The Balaban J connectivity index is 2.31. The summed E-state index contributed by atoms with van der Waals surface area (Å²) < 4.78 is 0. The van der Waals surface area contributed by atoms with Crippen LogP contribution in [0.3, 0.4) is 0 Å². The minimum atomic E-state index is 1.26. The molecule has 0 aliphatic heterocycles. The first-order valence-electron chi connectivity index (χ1n) is 7.20. The molecule has 3 aromatic rings. The van der Waals surface area contributed by atoms with Gasteiger partial charge in [0.2, 0.25) is 0 Å². The summed E-state index contributed by atoms with van der Waals surface area (Å²) in [6.07, 6.45) is 3.83. The Hall–Kier alpha value is -1.82. The summed E-state index contributed by atoms with van der Waals surface area (Å²) in [4.78, 5) is 0. The molecule has 3 aromatic carbocycles. The molecule has 19 heavy (non-hydrogen) atoms. The van der Waals surface area contributed by atoms with Crippen LogP contribution in [0.2, 0.25) is 0 Å². The zero-order chi connectivity index (χ0) is 13.0. The molecule has 0 saturated carbocycles. The van der Waals surface area contributed by atoms with Gasteiger partial charge in [-0.05, 0) is 76.9 Å². The normalized spacial score (nSPS) is 14.2. The molecular formula is C19H18. The Bertz CT molecular complexity index is 809. The van der Waals surface area contributed by atoms with Crippen molar-refractivity contribution in [3.63, 3.8) is 0 Å². The van der Waals surface area contributed by atoms with Crippen molar-refractivity contribution in [3.8, 4) is 0 Å². The second-order valence-electron chi connectivity index (χ2n) is 5.77. The van der Waals surface area contributed by atoms with Gasteiger partial charge in [-0.15, -0.1) is 0 Å². The van der Waals surface area contributed by atoms with Crippen LogP contribution in [-0.2, 0) is 12.8 Å². The van der Waals surface area contributed by atoms with E-state index in [1.54, 1.807) is 11.1 Å². The lowest BCUT2D eigenvalue weighted by Gasteiger charge is -2.15. The van der Waals surface area contributed by atoms with Crippen LogP contribution < -0.4 is 0 Å². The molecule has 0 fully saturated rings. The lowest BCUT2D eigenvalue weighted by Crippen LogP contribution is -1.93. The highest BCUT2D eigenvalue weighted by molar-refractivity contribution is 6.12. The Labute approximate surface area is 114 Å². The fourth-order valence-corrected chi connectivity index (χ4v) is 3.75. The molecule has 0 atom stereocenters. The molecule has 0 aromatic heterocycles. The summed E-state index contributed by atoms with van der Waals surface area (Å²) in [5.74, 6) is 0. The SMILES string of the molecule is Cc1c(C)c2c3c(ccc2c2ccccc12)CCC3. The third-order valence-electron chi connectivity index (χ3n) is 4.84. The van der Waals surface area contributed by atoms with Crippen LogP contribution in [0.25, 0.3) is 21.5 Å². The third kappa shape index (κ3) is 1.40. The lowest BCUT2D eigenvalue weighted by molar-refractivity contribution is 0.913. The lowest BCUT2D eigenvalue weighted by atomic mass is 9.89. The Kier molecular flexibility index (Phi) is 2.23. The van der Waals surface area contributed by atoms with Crippen molar-refractivity contribution in [2.75, 3.05) is 0 Å². The topological polar surface area (TPSA) is 0 Å². The molecule has 94 valence electrons. The van der Waals surface area contributed by atoms with Gasteiger partial charge in [0.15, 0.2) is 0 Å². The average molecular weight is 246 g/mol. The van der Waals surface area contributed by atoms with E-state index in [1.165, 1.54) is 51.9 Å². The molecule has 1 aliphatic carbocycles. The van der Waals surface area contributed by atoms with E-state index in [9.17, 15) is 0 Å². The first-order valence-corrected chi connectivity index (χ1v) is 7.20. The predicted molar refractivity (Wildman–Crippen MR) is 83.0 cm³/mol. The maximum Gasteiger partial charge on any atom is -0.00996 e. The smallest absolute Gasteiger partial charge is 0.00996 e. The van der Waals surface area contributed by atoms with Crippen LogP contribution in [0.15, 0.2) is 36.4 Å². The van der Waals surface area contributed by atoms with Gasteiger partial charge in [0.05, 0.1) is 0 Å². The molecule has 0 bridgehead atoms. The minimum absolute atomic E-state index is 1.26. The molecule has 0 spiro atoms. The molecule has 1 aliphatic rings. The van der Waals surface area contributed by atoms with Crippen molar-refractivity contribution in [1.82, 2.24) is 0 Å². The van der Waals surface area contributed by atoms with Crippen molar-refractivity contribution in [1.29, 1.82) is 0 Å². The Morgan fingerprint density at radius 3 is 2.37 bits per heavy atom. The van der Waals surface area contributed by atoms with Crippen LogP contribution in [0, 0.1) is 13.8 Å². The Morgan fingerprint density at radius 1 is 0.737 bits per heavy atom. The van der Waals surface area contributed by atoms with Gasteiger partial charge < -0.3 is 0 Å². The fourth-order valence-electron chi connectivity index (χ4n) is 3.75. The maximum absolute atomic E-state index is 2.35. The molecular weight excluding hydrogens is 228 g/mol. The van der Waals surface area contributed by atoms with E-state index in [0.717, 1.165) is 0 Å². The summed E-state index contributed by atoms with van der Waals surface area (Å²) >= 11 is 0. The van der Waals surface area contributed by atoms with Crippen LogP contribution in [0.5, 0.6) is 0 Å². The van der Waals surface area contributed by atoms with Gasteiger partial charge in [0.1, 0.15) is 0 Å². The number of hydrogen-bond acceptors (Lipinski definition) is 0. The number of hydrogen-bond donors (Lipinski definition) is 0. The summed E-state index contributed by atoms with van der Waals surface area (Å²) in [7, 11) is 0. The summed E-state index contributed by atoms with van der Waals surface area (Å²) in [6.45, 7) is 4.56. The molecule has 0 N–H and O–H groups in total. The third-order valence-corrected chi connectivity index (χ3v) is 4.84. The van der Waals surface area contributed by atoms with Gasteiger partial charge in [-0.25, -0.2) is 0 Å². The van der Waals surface area contributed by atoms with Crippen molar-refractivity contribution >= 4 is 21.5 Å². The van der Waals surface area contributed by atoms with E-state index >= 15 is 0 Å². The van der Waals surface area contributed by atoms with E-state index in [1.807, 2.05) is 0 Å². The predicted octanol–water partition coefficient (Wildman–Crippen LogP) is 5.10. The number of rotatable bonds is 0. The highest BCUT2D eigenvalue weighted by atomic mass is 14.2. The number of aryl methyl sites for hydroxylation is 4. The van der Waals surface area contributed by atoms with E-state index < -0.39 is 0 Å². The summed E-state index contributed by atoms with van der Waals surface area (Å²) in [5, 5.41) is 5.80. The van der Waals surface area contributed by atoms with Gasteiger partial charge in [-0.2, -0.15) is 0 Å². The molecule has 4 rings (SSSR count). The van der Waals surface area contributed by atoms with Crippen molar-refractivity contribution in [2.24, 2.45) is 0 Å². The van der Waals surface area contributed by atoms with Gasteiger partial charge in [-0.3, -0.25) is 0 Å². The average Bonchev–Trinajstić information content (AvgIpc) is 2.92. The number of fused-ring (bicyclic) bond motifs is 5. The first kappa shape index (κ1) is 11.0. The van der Waals surface area contributed by atoms with Crippen molar-refractivity contribution in [3.05, 3.63) is 58.7 Å². The fraction of sp³-hybridized carbons (Fsp3) is 0.263. The van der Waals surface area contributed by atoms with E-state index in [4.69, 9.17) is 0 Å². The van der Waals surface area contributed by atoms with Gasteiger partial charge >= 0.3 is 0 Å². The molecule has 0 radical (unpaired) electrons. The standard InChI is InChI=1S/C19H18/c1-12-13(2)19-16-9-5-6-14(16)10-11-18(19)17-8-4-3-7-15(12)17/h3-4,7-8,10-11H,5-6,9H2,1-2H3. The summed E-state index contributed by atoms with van der Waals surface area (Å²) in [6, 6.07) is 13.5. The van der Waals surface area contributed by atoms with Crippen molar-refractivity contribution in [2.45, 2.75) is 33.1 Å². The molecule has 0 nitrogen and oxygen atoms in total. The van der Waals surface area contributed by atoms with Crippen molar-refractivity contribution < 1.29 is 0 Å². The highest BCUT2D eigenvalue weighted by Gasteiger charge is 2.17. The van der Waals surface area contributed by atoms with E-state index in [2.05, 4.69) is 50.2 Å². The quantitative estimate of drug-likeness (QED) is 0.484. The monoisotopic (exact) mass is 246 g/mol. The van der Waals surface area contributed by atoms with Crippen LogP contribution in [0.1, 0.15) is 28.7 Å². The second-order valence-corrected chi connectivity index (χ2v) is 5.77. The van der Waals surface area contributed by atoms with Gasteiger partial charge in [0, 0.05) is 0 Å². The zero-order valence-corrected chi connectivity index (χ0v) is 11.6. The van der Waals surface area contributed by atoms with Crippen LogP contribution in [0.4, 0.5) is 0 Å². The largest absolute Gasteiger partial charge is 0.0616 e. The van der Waals surface area contributed by atoms with Crippen LogP contribution in [-0.4, -0.2) is 0 Å². The first-order chi connectivity index (χ1) is 9.27. The molecule has 0 heterocycles. The molecule has 0 unspecified atom stereocenters. The van der Waals surface area contributed by atoms with Gasteiger partial charge in [-0.1, -0.05) is 36.4 Å². The highest BCUT2D eigenvalue weighted by Crippen LogP contribution is 2.38. The van der Waals surface area contributed by atoms with E-state index in [-0.39, 0.29) is 0 Å². The molecule has 0 heteroatoms. The minimum Gasteiger partial charge on any atom is -0.0616 e. The maximum atomic E-state index is 2.35. The van der Waals surface area contributed by atoms with E-state index in [0.29, 0.717) is 0 Å². The van der Waals surface area contributed by atoms with Crippen LogP contribution >= 0.6 is 0 Å². The zero-order valence-electron chi connectivity index (χ0n) is 11.6. The molecule has 0 saturated heterocycles. The summed E-state index contributed by atoms with van der Waals surface area (Å²) in [5.41, 5.74) is 6.12. The Morgan fingerprint density at radius 2 is 1.53 bits per heavy atom. The second kappa shape index (κ2) is 3.84.